The van der Waals surface area contributed by atoms with Crippen molar-refractivity contribution in [2.75, 3.05) is 12.0 Å². The Labute approximate surface area is 146 Å². The van der Waals surface area contributed by atoms with E-state index in [0.29, 0.717) is 34.6 Å². The van der Waals surface area contributed by atoms with Crippen LogP contribution in [0.2, 0.25) is 0 Å². The lowest BCUT2D eigenvalue weighted by molar-refractivity contribution is -0.152. The third kappa shape index (κ3) is 5.71. The van der Waals surface area contributed by atoms with Gasteiger partial charge in [0, 0.05) is 0 Å². The minimum atomic E-state index is -0.190. The van der Waals surface area contributed by atoms with Crippen LogP contribution in [-0.2, 0) is 15.3 Å². The van der Waals surface area contributed by atoms with E-state index in [1.807, 2.05) is 6.26 Å². The van der Waals surface area contributed by atoms with Crippen LogP contribution in [0.25, 0.3) is 0 Å². The van der Waals surface area contributed by atoms with Gasteiger partial charge >= 0.3 is 5.97 Å². The normalized spacial score (nSPS) is 24.8. The molecule has 0 unspecified atom stereocenters. The van der Waals surface area contributed by atoms with Crippen LogP contribution in [0.1, 0.15) is 45.9 Å². The lowest BCUT2D eigenvalue weighted by Crippen LogP contribution is -2.36. The third-order valence-corrected chi connectivity index (χ3v) is 5.60. The van der Waals surface area contributed by atoms with Gasteiger partial charge in [-0.25, -0.2) is 0 Å². The van der Waals surface area contributed by atoms with Gasteiger partial charge in [0.05, 0.1) is 5.75 Å². The second-order valence-electron chi connectivity index (χ2n) is 6.54. The van der Waals surface area contributed by atoms with Gasteiger partial charge < -0.3 is 9.15 Å². The molecule has 0 N–H and O–H groups in total. The first-order valence-electron chi connectivity index (χ1n) is 8.13. The monoisotopic (exact) mass is 358 g/mol. The average Bonchev–Trinajstić information content (AvgIpc) is 2.93. The Bertz CT molecular complexity index is 507. The first-order chi connectivity index (χ1) is 11.0. The number of esters is 1. The molecule has 1 aromatic rings. The fourth-order valence-electron chi connectivity index (χ4n) is 3.05. The molecule has 1 aliphatic rings. The summed E-state index contributed by atoms with van der Waals surface area (Å²) in [4.78, 5) is 12.2. The van der Waals surface area contributed by atoms with Gasteiger partial charge in [-0.15, -0.1) is 10.2 Å². The molecule has 3 atom stereocenters. The second-order valence-corrected chi connectivity index (χ2v) is 8.33. The minimum absolute atomic E-state index is 0.0431. The van der Waals surface area contributed by atoms with Crippen molar-refractivity contribution >= 4 is 29.5 Å². The zero-order valence-electron chi connectivity index (χ0n) is 14.3. The van der Waals surface area contributed by atoms with E-state index >= 15 is 0 Å². The number of aromatic nitrogens is 2. The maximum Gasteiger partial charge on any atom is 0.316 e. The summed E-state index contributed by atoms with van der Waals surface area (Å²) in [6.45, 7) is 6.65. The number of rotatable bonds is 7. The lowest BCUT2D eigenvalue weighted by atomic mass is 9.75. The number of nitrogens with zero attached hydrogens (tertiary/aromatic N) is 2. The molecule has 1 aliphatic carbocycles. The average molecular weight is 359 g/mol. The summed E-state index contributed by atoms with van der Waals surface area (Å²) in [5.41, 5.74) is 0. The fourth-order valence-corrected chi connectivity index (χ4v) is 3.98. The summed E-state index contributed by atoms with van der Waals surface area (Å²) >= 11 is 2.87. The first kappa shape index (κ1) is 18.6. The standard InChI is InChI=1S/C16H26N2O3S2/c1-10(2)12-6-5-11(3)7-13(12)20-15(19)9-23-16-18-17-14(21-16)8-22-4/h10-13H,5-9H2,1-4H3/t11-,12+,13-/m1/s1. The van der Waals surface area contributed by atoms with Crippen molar-refractivity contribution in [3.8, 4) is 0 Å². The Morgan fingerprint density at radius 2 is 2.17 bits per heavy atom. The third-order valence-electron chi connectivity index (χ3n) is 4.27. The summed E-state index contributed by atoms with van der Waals surface area (Å²) in [5, 5.41) is 8.30. The molecule has 0 bridgehead atoms. The van der Waals surface area contributed by atoms with E-state index in [0.717, 1.165) is 12.8 Å². The van der Waals surface area contributed by atoms with Crippen molar-refractivity contribution in [2.24, 2.45) is 17.8 Å². The molecule has 2 rings (SSSR count). The molecule has 1 saturated carbocycles. The van der Waals surface area contributed by atoms with Gasteiger partial charge in [0.1, 0.15) is 11.9 Å². The Morgan fingerprint density at radius 3 is 2.87 bits per heavy atom. The Morgan fingerprint density at radius 1 is 1.39 bits per heavy atom. The largest absolute Gasteiger partial charge is 0.461 e. The van der Waals surface area contributed by atoms with E-state index < -0.39 is 0 Å². The first-order valence-corrected chi connectivity index (χ1v) is 10.5. The highest BCUT2D eigenvalue weighted by atomic mass is 32.2. The molecular weight excluding hydrogens is 332 g/mol. The van der Waals surface area contributed by atoms with Gasteiger partial charge in [-0.1, -0.05) is 39.0 Å². The maximum atomic E-state index is 12.2. The zero-order valence-corrected chi connectivity index (χ0v) is 15.9. The van der Waals surface area contributed by atoms with Gasteiger partial charge in [-0.05, 0) is 36.9 Å². The van der Waals surface area contributed by atoms with Crippen molar-refractivity contribution in [1.29, 1.82) is 0 Å². The number of hydrogen-bond acceptors (Lipinski definition) is 7. The molecule has 130 valence electrons. The highest BCUT2D eigenvalue weighted by molar-refractivity contribution is 7.99. The molecule has 0 amide bonds. The predicted octanol–water partition coefficient (Wildman–Crippen LogP) is 4.03. The molecule has 1 fully saturated rings. The number of thioether (sulfide) groups is 2. The molecule has 0 aliphatic heterocycles. The molecule has 23 heavy (non-hydrogen) atoms. The topological polar surface area (TPSA) is 65.2 Å². The summed E-state index contributed by atoms with van der Waals surface area (Å²) in [6.07, 6.45) is 5.36. The molecule has 0 saturated heterocycles. The van der Waals surface area contributed by atoms with Crippen LogP contribution in [0.3, 0.4) is 0 Å². The van der Waals surface area contributed by atoms with Gasteiger partial charge in [0.25, 0.3) is 5.22 Å². The SMILES string of the molecule is CSCc1nnc(SCC(=O)O[C@@H]2C[C@H](C)CC[C@H]2C(C)C)o1. The molecule has 0 aromatic carbocycles. The molecule has 1 aromatic heterocycles. The lowest BCUT2D eigenvalue weighted by Gasteiger charge is -2.36. The smallest absolute Gasteiger partial charge is 0.316 e. The van der Waals surface area contributed by atoms with Crippen LogP contribution < -0.4 is 0 Å². The number of hydrogen-bond donors (Lipinski definition) is 0. The predicted molar refractivity (Wildman–Crippen MR) is 93.5 cm³/mol. The van der Waals surface area contributed by atoms with E-state index in [1.165, 1.54) is 18.2 Å². The number of ether oxygens (including phenoxy) is 1. The van der Waals surface area contributed by atoms with E-state index in [1.54, 1.807) is 11.8 Å². The van der Waals surface area contributed by atoms with E-state index in [-0.39, 0.29) is 17.8 Å². The van der Waals surface area contributed by atoms with Crippen LogP contribution >= 0.6 is 23.5 Å². The van der Waals surface area contributed by atoms with Crippen molar-refractivity contribution in [2.45, 2.75) is 57.1 Å². The molecule has 1 heterocycles. The summed E-state index contributed by atoms with van der Waals surface area (Å²) in [7, 11) is 0. The Hall–Kier alpha value is -0.690. The maximum absolute atomic E-state index is 12.2. The molecule has 0 radical (unpaired) electrons. The molecule has 5 nitrogen and oxygen atoms in total. The van der Waals surface area contributed by atoms with Gasteiger partial charge in [-0.3, -0.25) is 4.79 Å². The minimum Gasteiger partial charge on any atom is -0.461 e. The van der Waals surface area contributed by atoms with Gasteiger partial charge in [0.15, 0.2) is 0 Å². The Balaban J connectivity index is 1.82. The van der Waals surface area contributed by atoms with Crippen molar-refractivity contribution in [1.82, 2.24) is 10.2 Å². The van der Waals surface area contributed by atoms with Crippen molar-refractivity contribution in [3.63, 3.8) is 0 Å². The van der Waals surface area contributed by atoms with Crippen molar-refractivity contribution < 1.29 is 13.9 Å². The second kappa shape index (κ2) is 8.97. The van der Waals surface area contributed by atoms with E-state index in [9.17, 15) is 4.79 Å². The van der Waals surface area contributed by atoms with Crippen LogP contribution in [0, 0.1) is 17.8 Å². The highest BCUT2D eigenvalue weighted by Crippen LogP contribution is 2.35. The van der Waals surface area contributed by atoms with Crippen LogP contribution in [0.15, 0.2) is 9.64 Å². The summed E-state index contributed by atoms with van der Waals surface area (Å²) in [6, 6.07) is 0. The highest BCUT2D eigenvalue weighted by Gasteiger charge is 2.33. The van der Waals surface area contributed by atoms with Crippen LogP contribution in [0.5, 0.6) is 0 Å². The quantitative estimate of drug-likeness (QED) is 0.538. The van der Waals surface area contributed by atoms with Gasteiger partial charge in [0.2, 0.25) is 5.89 Å². The number of carbonyl (C=O) groups is 1. The number of carbonyl (C=O) groups excluding carboxylic acids is 1. The van der Waals surface area contributed by atoms with Crippen LogP contribution in [-0.4, -0.2) is 34.3 Å². The van der Waals surface area contributed by atoms with Crippen LogP contribution in [0.4, 0.5) is 0 Å². The van der Waals surface area contributed by atoms with E-state index in [4.69, 9.17) is 9.15 Å². The molecule has 0 spiro atoms. The molecular formula is C16H26N2O3S2. The van der Waals surface area contributed by atoms with E-state index in [2.05, 4.69) is 31.0 Å². The van der Waals surface area contributed by atoms with Crippen molar-refractivity contribution in [3.05, 3.63) is 5.89 Å². The molecule has 7 heteroatoms. The summed E-state index contributed by atoms with van der Waals surface area (Å²) < 4.78 is 11.2. The van der Waals surface area contributed by atoms with Gasteiger partial charge in [-0.2, -0.15) is 11.8 Å². The zero-order chi connectivity index (χ0) is 16.8. The summed E-state index contributed by atoms with van der Waals surface area (Å²) in [5.74, 6) is 2.94. The fraction of sp³-hybridized carbons (Fsp3) is 0.812. The Kier molecular flexibility index (Phi) is 7.27.